The normalized spacial score (nSPS) is 19.2. The Morgan fingerprint density at radius 1 is 1.18 bits per heavy atom. The van der Waals surface area contributed by atoms with Gasteiger partial charge in [-0.05, 0) is 13.8 Å². The summed E-state index contributed by atoms with van der Waals surface area (Å²) < 4.78 is 5.21. The highest BCUT2D eigenvalue weighted by molar-refractivity contribution is 4.64. The minimum Gasteiger partial charge on any atom is -0.379 e. The van der Waals surface area contributed by atoms with Crippen LogP contribution < -0.4 is 0 Å². The zero-order valence-corrected chi connectivity index (χ0v) is 7.68. The van der Waals surface area contributed by atoms with Crippen molar-refractivity contribution in [3.63, 3.8) is 0 Å². The molecule has 0 bridgehead atoms. The first-order valence-electron chi connectivity index (χ1n) is 4.12. The average molecular weight is 157 g/mol. The average Bonchev–Trinajstić information content (AvgIpc) is 2.10. The Hall–Kier alpha value is -0.340. The highest BCUT2D eigenvalue weighted by Gasteiger charge is 2.11. The molecular weight excluding hydrogens is 138 g/mol. The smallest absolute Gasteiger partial charge is 0.0594 e. The molecule has 0 aromatic heterocycles. The van der Waals surface area contributed by atoms with Crippen molar-refractivity contribution in [3.05, 3.63) is 13.2 Å². The van der Waals surface area contributed by atoms with Gasteiger partial charge in [0.2, 0.25) is 0 Å². The van der Waals surface area contributed by atoms with Crippen molar-refractivity contribution >= 4 is 0 Å². The van der Waals surface area contributed by atoms with Crippen LogP contribution in [-0.2, 0) is 4.74 Å². The minimum absolute atomic E-state index is 0.689. The van der Waals surface area contributed by atoms with Gasteiger partial charge in [0.05, 0.1) is 13.2 Å². The lowest BCUT2D eigenvalue weighted by molar-refractivity contribution is 0.0238. The van der Waals surface area contributed by atoms with Crippen LogP contribution in [0.1, 0.15) is 13.8 Å². The van der Waals surface area contributed by atoms with E-state index in [0.717, 1.165) is 26.3 Å². The van der Waals surface area contributed by atoms with E-state index < -0.39 is 0 Å². The van der Waals surface area contributed by atoms with Gasteiger partial charge in [0.25, 0.3) is 0 Å². The summed E-state index contributed by atoms with van der Waals surface area (Å²) in [5.74, 6) is 0. The van der Waals surface area contributed by atoms with Crippen LogP contribution in [0.4, 0.5) is 0 Å². The lowest BCUT2D eigenvalue weighted by atomic mass is 10.3. The summed E-state index contributed by atoms with van der Waals surface area (Å²) in [5, 5.41) is 0. The molecule has 11 heavy (non-hydrogen) atoms. The largest absolute Gasteiger partial charge is 0.379 e. The SMILES string of the molecule is C=C.CC(C)N1CCOCC1. The summed E-state index contributed by atoms with van der Waals surface area (Å²) in [7, 11) is 0. The zero-order valence-electron chi connectivity index (χ0n) is 7.68. The van der Waals surface area contributed by atoms with Gasteiger partial charge in [0.15, 0.2) is 0 Å². The summed E-state index contributed by atoms with van der Waals surface area (Å²) in [4.78, 5) is 2.43. The van der Waals surface area contributed by atoms with Crippen molar-refractivity contribution in [2.45, 2.75) is 19.9 Å². The van der Waals surface area contributed by atoms with Crippen molar-refractivity contribution in [2.24, 2.45) is 0 Å². The molecule has 0 atom stereocenters. The third-order valence-corrected chi connectivity index (χ3v) is 1.78. The van der Waals surface area contributed by atoms with E-state index in [0.29, 0.717) is 6.04 Å². The number of hydrogen-bond acceptors (Lipinski definition) is 2. The number of hydrogen-bond donors (Lipinski definition) is 0. The van der Waals surface area contributed by atoms with Crippen LogP contribution in [-0.4, -0.2) is 37.2 Å². The molecule has 0 aliphatic carbocycles. The van der Waals surface area contributed by atoms with Crippen molar-refractivity contribution in [3.8, 4) is 0 Å². The van der Waals surface area contributed by atoms with E-state index in [2.05, 4.69) is 31.9 Å². The Morgan fingerprint density at radius 2 is 1.64 bits per heavy atom. The molecule has 0 saturated carbocycles. The second kappa shape index (κ2) is 6.38. The molecule has 0 N–H and O–H groups in total. The monoisotopic (exact) mass is 157 g/mol. The van der Waals surface area contributed by atoms with Gasteiger partial charge in [-0.25, -0.2) is 0 Å². The second-order valence-electron chi connectivity index (χ2n) is 2.74. The molecule has 0 unspecified atom stereocenters. The van der Waals surface area contributed by atoms with Crippen LogP contribution in [0.15, 0.2) is 13.2 Å². The summed E-state index contributed by atoms with van der Waals surface area (Å²) in [6.45, 7) is 14.5. The van der Waals surface area contributed by atoms with Crippen molar-refractivity contribution < 1.29 is 4.74 Å². The van der Waals surface area contributed by atoms with E-state index in [1.54, 1.807) is 0 Å². The van der Waals surface area contributed by atoms with E-state index in [1.165, 1.54) is 0 Å². The highest BCUT2D eigenvalue weighted by Crippen LogP contribution is 2.01. The predicted octanol–water partition coefficient (Wildman–Crippen LogP) is 1.53. The van der Waals surface area contributed by atoms with Crippen molar-refractivity contribution in [2.75, 3.05) is 26.3 Å². The number of nitrogens with zero attached hydrogens (tertiary/aromatic N) is 1. The molecule has 0 aromatic carbocycles. The standard InChI is InChI=1S/C7H15NO.C2H4/c1-7(2)8-3-5-9-6-4-8;1-2/h7H,3-6H2,1-2H3;1-2H2. The Balaban J connectivity index is 0.000000461. The van der Waals surface area contributed by atoms with E-state index in [4.69, 9.17) is 4.74 Å². The van der Waals surface area contributed by atoms with Gasteiger partial charge in [-0.15, -0.1) is 13.2 Å². The molecular formula is C9H19NO. The fourth-order valence-corrected chi connectivity index (χ4v) is 1.09. The first-order valence-corrected chi connectivity index (χ1v) is 4.12. The maximum atomic E-state index is 5.21. The molecule has 2 heteroatoms. The van der Waals surface area contributed by atoms with Crippen molar-refractivity contribution in [1.29, 1.82) is 0 Å². The molecule has 1 fully saturated rings. The molecule has 1 aliphatic heterocycles. The minimum atomic E-state index is 0.689. The molecule has 2 nitrogen and oxygen atoms in total. The third kappa shape index (κ3) is 4.17. The quantitative estimate of drug-likeness (QED) is 0.535. The van der Waals surface area contributed by atoms with Crippen LogP contribution in [0.2, 0.25) is 0 Å². The van der Waals surface area contributed by atoms with Gasteiger partial charge >= 0.3 is 0 Å². The summed E-state index contributed by atoms with van der Waals surface area (Å²) in [6.07, 6.45) is 0. The third-order valence-electron chi connectivity index (χ3n) is 1.78. The molecule has 1 rings (SSSR count). The van der Waals surface area contributed by atoms with Gasteiger partial charge in [0.1, 0.15) is 0 Å². The maximum Gasteiger partial charge on any atom is 0.0594 e. The number of rotatable bonds is 1. The molecule has 0 spiro atoms. The van der Waals surface area contributed by atoms with Gasteiger partial charge in [-0.3, -0.25) is 4.90 Å². The Morgan fingerprint density at radius 3 is 1.91 bits per heavy atom. The van der Waals surface area contributed by atoms with Crippen molar-refractivity contribution in [1.82, 2.24) is 4.90 Å². The zero-order chi connectivity index (χ0) is 8.69. The Labute approximate surface area is 69.8 Å². The number of morpholine rings is 1. The van der Waals surface area contributed by atoms with Crippen LogP contribution in [0.25, 0.3) is 0 Å². The lowest BCUT2D eigenvalue weighted by Crippen LogP contribution is -2.40. The second-order valence-corrected chi connectivity index (χ2v) is 2.74. The van der Waals surface area contributed by atoms with Crippen LogP contribution in [0, 0.1) is 0 Å². The van der Waals surface area contributed by atoms with E-state index >= 15 is 0 Å². The predicted molar refractivity (Wildman–Crippen MR) is 48.8 cm³/mol. The maximum absolute atomic E-state index is 5.21. The Kier molecular flexibility index (Phi) is 6.18. The van der Waals surface area contributed by atoms with Crippen LogP contribution in [0.3, 0.4) is 0 Å². The van der Waals surface area contributed by atoms with Gasteiger partial charge in [0, 0.05) is 19.1 Å². The van der Waals surface area contributed by atoms with Gasteiger partial charge < -0.3 is 4.74 Å². The highest BCUT2D eigenvalue weighted by atomic mass is 16.5. The summed E-state index contributed by atoms with van der Waals surface area (Å²) in [6, 6.07) is 0.689. The molecule has 0 amide bonds. The lowest BCUT2D eigenvalue weighted by Gasteiger charge is -2.29. The summed E-state index contributed by atoms with van der Waals surface area (Å²) in [5.41, 5.74) is 0. The fraction of sp³-hybridized carbons (Fsp3) is 0.778. The molecule has 0 aromatic rings. The van der Waals surface area contributed by atoms with E-state index in [-0.39, 0.29) is 0 Å². The first kappa shape index (κ1) is 10.7. The Bertz CT molecular complexity index is 87.6. The van der Waals surface area contributed by atoms with Crippen LogP contribution >= 0.6 is 0 Å². The molecule has 1 aliphatic rings. The van der Waals surface area contributed by atoms with E-state index in [1.807, 2.05) is 0 Å². The van der Waals surface area contributed by atoms with Crippen LogP contribution in [0.5, 0.6) is 0 Å². The molecule has 1 saturated heterocycles. The summed E-state index contributed by atoms with van der Waals surface area (Å²) >= 11 is 0. The van der Waals surface area contributed by atoms with Gasteiger partial charge in [-0.2, -0.15) is 0 Å². The molecule has 66 valence electrons. The molecule has 0 radical (unpaired) electrons. The fourth-order valence-electron chi connectivity index (χ4n) is 1.09. The topological polar surface area (TPSA) is 12.5 Å². The molecule has 1 heterocycles. The van der Waals surface area contributed by atoms with Gasteiger partial charge in [-0.1, -0.05) is 0 Å². The first-order chi connectivity index (χ1) is 5.30. The number of ether oxygens (including phenoxy) is 1. The van der Waals surface area contributed by atoms with E-state index in [9.17, 15) is 0 Å².